The fourth-order valence-electron chi connectivity index (χ4n) is 1.99. The summed E-state index contributed by atoms with van der Waals surface area (Å²) in [5.74, 6) is -1.06. The van der Waals surface area contributed by atoms with E-state index in [1.807, 2.05) is 6.92 Å². The molecule has 0 aliphatic carbocycles. The quantitative estimate of drug-likeness (QED) is 0.779. The molecule has 0 radical (unpaired) electrons. The lowest BCUT2D eigenvalue weighted by molar-refractivity contribution is -0.179. The van der Waals surface area contributed by atoms with Crippen molar-refractivity contribution in [1.82, 2.24) is 0 Å². The Morgan fingerprint density at radius 3 is 2.70 bits per heavy atom. The molecular formula is C14H25NO5. The molecule has 0 spiro atoms. The Labute approximate surface area is 119 Å². The standard InChI is InChI=1S/C14H25NO5/c1-5-11-12(20-13(16)8(2)3)9(4)19-14(17)10(15)6-7-18-11/h8-12H,5-7,15H2,1-4H3/t9-,10-,11+,12-/m0/s1. The van der Waals surface area contributed by atoms with Crippen LogP contribution in [0.4, 0.5) is 0 Å². The molecule has 0 bridgehead atoms. The van der Waals surface area contributed by atoms with Gasteiger partial charge in [-0.2, -0.15) is 0 Å². The molecule has 1 aliphatic heterocycles. The van der Waals surface area contributed by atoms with Crippen LogP contribution >= 0.6 is 0 Å². The zero-order valence-electron chi connectivity index (χ0n) is 12.6. The monoisotopic (exact) mass is 287 g/mol. The van der Waals surface area contributed by atoms with Gasteiger partial charge in [0.25, 0.3) is 0 Å². The summed E-state index contributed by atoms with van der Waals surface area (Å²) < 4.78 is 16.5. The van der Waals surface area contributed by atoms with Crippen molar-refractivity contribution in [1.29, 1.82) is 0 Å². The average molecular weight is 287 g/mol. The second-order valence-corrected chi connectivity index (χ2v) is 5.41. The van der Waals surface area contributed by atoms with Crippen LogP contribution in [-0.2, 0) is 23.8 Å². The van der Waals surface area contributed by atoms with Crippen molar-refractivity contribution in [2.75, 3.05) is 6.61 Å². The van der Waals surface area contributed by atoms with E-state index in [1.54, 1.807) is 20.8 Å². The first-order chi connectivity index (χ1) is 9.36. The highest BCUT2D eigenvalue weighted by molar-refractivity contribution is 5.75. The van der Waals surface area contributed by atoms with Crippen LogP contribution in [0.3, 0.4) is 0 Å². The minimum Gasteiger partial charge on any atom is -0.457 e. The summed E-state index contributed by atoms with van der Waals surface area (Å²) in [6, 6.07) is -0.700. The Morgan fingerprint density at radius 2 is 2.15 bits per heavy atom. The van der Waals surface area contributed by atoms with Gasteiger partial charge in [-0.15, -0.1) is 0 Å². The van der Waals surface area contributed by atoms with Gasteiger partial charge in [-0.3, -0.25) is 9.59 Å². The van der Waals surface area contributed by atoms with Crippen molar-refractivity contribution < 1.29 is 23.8 Å². The van der Waals surface area contributed by atoms with Crippen LogP contribution in [0.5, 0.6) is 0 Å². The van der Waals surface area contributed by atoms with Gasteiger partial charge in [0.2, 0.25) is 0 Å². The van der Waals surface area contributed by atoms with Crippen molar-refractivity contribution in [2.45, 2.75) is 64.9 Å². The maximum atomic E-state index is 11.8. The molecule has 1 fully saturated rings. The van der Waals surface area contributed by atoms with E-state index in [0.29, 0.717) is 19.4 Å². The van der Waals surface area contributed by atoms with E-state index in [4.69, 9.17) is 19.9 Å². The molecule has 116 valence electrons. The van der Waals surface area contributed by atoms with Gasteiger partial charge < -0.3 is 19.9 Å². The lowest BCUT2D eigenvalue weighted by Crippen LogP contribution is -2.44. The minimum absolute atomic E-state index is 0.245. The van der Waals surface area contributed by atoms with Crippen LogP contribution in [0, 0.1) is 5.92 Å². The molecular weight excluding hydrogens is 262 g/mol. The van der Waals surface area contributed by atoms with E-state index in [9.17, 15) is 9.59 Å². The van der Waals surface area contributed by atoms with Crippen LogP contribution in [0.1, 0.15) is 40.5 Å². The highest BCUT2D eigenvalue weighted by Gasteiger charge is 2.35. The van der Waals surface area contributed by atoms with Crippen molar-refractivity contribution in [3.05, 3.63) is 0 Å². The zero-order valence-corrected chi connectivity index (χ0v) is 12.6. The van der Waals surface area contributed by atoms with E-state index >= 15 is 0 Å². The van der Waals surface area contributed by atoms with E-state index in [2.05, 4.69) is 0 Å². The molecule has 0 unspecified atom stereocenters. The van der Waals surface area contributed by atoms with Crippen molar-refractivity contribution in [3.63, 3.8) is 0 Å². The smallest absolute Gasteiger partial charge is 0.323 e. The molecule has 1 heterocycles. The molecule has 2 N–H and O–H groups in total. The molecule has 0 saturated carbocycles. The van der Waals surface area contributed by atoms with Gasteiger partial charge in [0.15, 0.2) is 6.10 Å². The van der Waals surface area contributed by atoms with Gasteiger partial charge in [-0.1, -0.05) is 20.8 Å². The van der Waals surface area contributed by atoms with Crippen LogP contribution in [0.25, 0.3) is 0 Å². The number of rotatable bonds is 3. The molecule has 0 aromatic heterocycles. The number of cyclic esters (lactones) is 1. The van der Waals surface area contributed by atoms with Gasteiger partial charge in [0, 0.05) is 6.61 Å². The Hall–Kier alpha value is -1.14. The van der Waals surface area contributed by atoms with Crippen LogP contribution in [-0.4, -0.2) is 42.9 Å². The molecule has 1 saturated heterocycles. The first kappa shape index (κ1) is 16.9. The van der Waals surface area contributed by atoms with E-state index in [-0.39, 0.29) is 18.0 Å². The third kappa shape index (κ3) is 4.45. The number of nitrogens with two attached hydrogens (primary N) is 1. The van der Waals surface area contributed by atoms with Crippen LogP contribution < -0.4 is 5.73 Å². The fourth-order valence-corrected chi connectivity index (χ4v) is 1.99. The number of carbonyl (C=O) groups excluding carboxylic acids is 2. The highest BCUT2D eigenvalue weighted by atomic mass is 16.6. The first-order valence-electron chi connectivity index (χ1n) is 7.15. The van der Waals surface area contributed by atoms with Crippen molar-refractivity contribution >= 4 is 11.9 Å². The molecule has 0 amide bonds. The van der Waals surface area contributed by atoms with Gasteiger partial charge in [-0.05, 0) is 19.8 Å². The molecule has 4 atom stereocenters. The van der Waals surface area contributed by atoms with Crippen molar-refractivity contribution in [2.24, 2.45) is 11.7 Å². The maximum Gasteiger partial charge on any atom is 0.323 e. The predicted molar refractivity (Wildman–Crippen MR) is 72.9 cm³/mol. The summed E-state index contributed by atoms with van der Waals surface area (Å²) >= 11 is 0. The maximum absolute atomic E-state index is 11.8. The van der Waals surface area contributed by atoms with Gasteiger partial charge in [-0.25, -0.2) is 0 Å². The summed E-state index contributed by atoms with van der Waals surface area (Å²) in [7, 11) is 0. The third-order valence-corrected chi connectivity index (χ3v) is 3.32. The topological polar surface area (TPSA) is 87.8 Å². The summed E-state index contributed by atoms with van der Waals surface area (Å²) in [5.41, 5.74) is 5.70. The molecule has 0 aromatic carbocycles. The number of hydrogen-bond acceptors (Lipinski definition) is 6. The Bertz CT molecular complexity index is 344. The number of esters is 2. The van der Waals surface area contributed by atoms with Gasteiger partial charge >= 0.3 is 11.9 Å². The largest absolute Gasteiger partial charge is 0.457 e. The Morgan fingerprint density at radius 1 is 1.50 bits per heavy atom. The number of ether oxygens (including phenoxy) is 3. The zero-order chi connectivity index (χ0) is 15.3. The normalized spacial score (nSPS) is 32.0. The molecule has 20 heavy (non-hydrogen) atoms. The molecule has 6 heteroatoms. The van der Waals surface area contributed by atoms with Crippen molar-refractivity contribution in [3.8, 4) is 0 Å². The summed E-state index contributed by atoms with van der Waals surface area (Å²) in [6.07, 6.45) is -0.436. The van der Waals surface area contributed by atoms with Gasteiger partial charge in [0.05, 0.1) is 12.0 Å². The second kappa shape index (κ2) is 7.59. The summed E-state index contributed by atoms with van der Waals surface area (Å²) in [6.45, 7) is 7.49. The third-order valence-electron chi connectivity index (χ3n) is 3.32. The second-order valence-electron chi connectivity index (χ2n) is 5.41. The Kier molecular flexibility index (Phi) is 6.42. The van der Waals surface area contributed by atoms with Gasteiger partial charge in [0.1, 0.15) is 12.1 Å². The minimum atomic E-state index is -0.700. The lowest BCUT2D eigenvalue weighted by atomic mass is 10.1. The van der Waals surface area contributed by atoms with Crippen LogP contribution in [0.15, 0.2) is 0 Å². The SMILES string of the molecule is CC[C@H]1OCC[C@H](N)C(=O)O[C@@H](C)[C@@H]1OC(=O)C(C)C. The fraction of sp³-hybridized carbons (Fsp3) is 0.857. The number of hydrogen-bond donors (Lipinski definition) is 1. The number of carbonyl (C=O) groups is 2. The Balaban J connectivity index is 2.87. The van der Waals surface area contributed by atoms with E-state index in [1.165, 1.54) is 0 Å². The first-order valence-corrected chi connectivity index (χ1v) is 7.15. The summed E-state index contributed by atoms with van der Waals surface area (Å²) in [5, 5.41) is 0. The lowest BCUT2D eigenvalue weighted by Gasteiger charge is -2.30. The van der Waals surface area contributed by atoms with E-state index < -0.39 is 24.2 Å². The molecule has 1 aliphatic rings. The average Bonchev–Trinajstić information content (AvgIpc) is 2.43. The molecule has 1 rings (SSSR count). The summed E-state index contributed by atoms with van der Waals surface area (Å²) in [4.78, 5) is 23.6. The van der Waals surface area contributed by atoms with E-state index in [0.717, 1.165) is 0 Å². The van der Waals surface area contributed by atoms with Crippen LogP contribution in [0.2, 0.25) is 0 Å². The molecule has 0 aromatic rings. The molecule has 6 nitrogen and oxygen atoms in total. The highest BCUT2D eigenvalue weighted by Crippen LogP contribution is 2.19. The predicted octanol–water partition coefficient (Wildman–Crippen LogP) is 1.01.